The van der Waals surface area contributed by atoms with Crippen molar-refractivity contribution in [3.8, 4) is 0 Å². The van der Waals surface area contributed by atoms with Crippen molar-refractivity contribution in [2.45, 2.75) is 71.9 Å². The highest BCUT2D eigenvalue weighted by atomic mass is 28.4. The molecule has 0 spiro atoms. The third-order valence-electron chi connectivity index (χ3n) is 5.90. The second-order valence-corrected chi connectivity index (χ2v) is 15.9. The van der Waals surface area contributed by atoms with E-state index in [2.05, 4.69) is 39.2 Å². The Morgan fingerprint density at radius 3 is 2.19 bits per heavy atom. The van der Waals surface area contributed by atoms with Crippen LogP contribution in [0.3, 0.4) is 0 Å². The van der Waals surface area contributed by atoms with Gasteiger partial charge in [-0.2, -0.15) is 0 Å². The topological polar surface area (TPSA) is 77.1 Å². The Balaban J connectivity index is 2.13. The van der Waals surface area contributed by atoms with Crippen molar-refractivity contribution in [3.63, 3.8) is 0 Å². The van der Waals surface area contributed by atoms with Gasteiger partial charge in [-0.15, -0.1) is 0 Å². The summed E-state index contributed by atoms with van der Waals surface area (Å²) >= 11 is 0. The summed E-state index contributed by atoms with van der Waals surface area (Å²) in [5, 5.41) is 2.51. The lowest BCUT2D eigenvalue weighted by Gasteiger charge is -2.37. The first-order chi connectivity index (χ1) is 16.6. The summed E-state index contributed by atoms with van der Waals surface area (Å²) in [6.45, 7) is 16.3. The highest BCUT2D eigenvalue weighted by molar-refractivity contribution is 6.74. The van der Waals surface area contributed by atoms with Crippen LogP contribution in [0.5, 0.6) is 0 Å². The van der Waals surface area contributed by atoms with E-state index in [9.17, 15) is 9.59 Å². The highest BCUT2D eigenvalue weighted by Gasteiger charge is 2.37. The molecule has 198 valence electrons. The van der Waals surface area contributed by atoms with Crippen LogP contribution in [0, 0.1) is 5.82 Å². The van der Waals surface area contributed by atoms with E-state index >= 15 is 4.39 Å². The molecule has 36 heavy (non-hydrogen) atoms. The number of carbonyl (C=O) groups excluding carboxylic acids is 2. The summed E-state index contributed by atoms with van der Waals surface area (Å²) in [5.41, 5.74) is 0.320. The molecule has 2 rings (SSSR count). The van der Waals surface area contributed by atoms with Gasteiger partial charge in [0.15, 0.2) is 8.32 Å². The molecule has 2 aromatic rings. The number of benzene rings is 2. The molecule has 0 fully saturated rings. The largest absolute Gasteiger partial charge is 0.444 e. The lowest BCUT2D eigenvalue weighted by atomic mass is 10.2. The van der Waals surface area contributed by atoms with Gasteiger partial charge in [-0.25, -0.2) is 14.0 Å². The van der Waals surface area contributed by atoms with E-state index in [1.807, 2.05) is 30.3 Å². The van der Waals surface area contributed by atoms with Gasteiger partial charge in [0, 0.05) is 5.69 Å². The number of anilines is 2. The Morgan fingerprint density at radius 1 is 1.00 bits per heavy atom. The molecule has 0 atom stereocenters. The van der Waals surface area contributed by atoms with E-state index in [-0.39, 0.29) is 36.2 Å². The summed E-state index contributed by atoms with van der Waals surface area (Å²) < 4.78 is 32.1. The first kappa shape index (κ1) is 29.3. The van der Waals surface area contributed by atoms with Crippen LogP contribution < -0.4 is 10.2 Å². The summed E-state index contributed by atoms with van der Waals surface area (Å²) in [6.07, 6.45) is -1.39. The molecular formula is C27H39FN2O5Si. The fourth-order valence-corrected chi connectivity index (χ4v) is 3.95. The monoisotopic (exact) mass is 518 g/mol. The predicted octanol–water partition coefficient (Wildman–Crippen LogP) is 7.34. The Hall–Kier alpha value is -2.91. The summed E-state index contributed by atoms with van der Waals surface area (Å²) in [4.78, 5) is 26.3. The minimum absolute atomic E-state index is 0.00254. The lowest BCUT2D eigenvalue weighted by Crippen LogP contribution is -2.44. The standard InChI is InChI=1S/C27H39FN2O5Si/c1-26(2,3)35-25(32)30(16-17-34-36(7,8)27(4,5)6)23-15-14-21(18-22(23)28)29-24(31)33-19-20-12-10-9-11-13-20/h9-15,18H,16-17,19H2,1-8H3,(H,29,31). The lowest BCUT2D eigenvalue weighted by molar-refractivity contribution is 0.0573. The molecule has 0 aromatic heterocycles. The molecular weight excluding hydrogens is 479 g/mol. The summed E-state index contributed by atoms with van der Waals surface area (Å²) in [7, 11) is -2.06. The maximum absolute atomic E-state index is 15.2. The quantitative estimate of drug-likeness (QED) is 0.370. The molecule has 0 saturated carbocycles. The van der Waals surface area contributed by atoms with Crippen LogP contribution in [-0.4, -0.2) is 39.3 Å². The van der Waals surface area contributed by atoms with Gasteiger partial charge in [0.2, 0.25) is 0 Å². The third kappa shape index (κ3) is 8.95. The molecule has 0 heterocycles. The van der Waals surface area contributed by atoms with Crippen molar-refractivity contribution >= 4 is 31.9 Å². The molecule has 0 unspecified atom stereocenters. The third-order valence-corrected chi connectivity index (χ3v) is 10.4. The Morgan fingerprint density at radius 2 is 1.64 bits per heavy atom. The van der Waals surface area contributed by atoms with E-state index in [4.69, 9.17) is 13.9 Å². The van der Waals surface area contributed by atoms with Crippen molar-refractivity contribution in [2.75, 3.05) is 23.4 Å². The molecule has 2 aromatic carbocycles. The van der Waals surface area contributed by atoms with Crippen LogP contribution in [0.2, 0.25) is 18.1 Å². The molecule has 0 radical (unpaired) electrons. The number of hydrogen-bond acceptors (Lipinski definition) is 5. The molecule has 0 aliphatic carbocycles. The number of carbonyl (C=O) groups is 2. The van der Waals surface area contributed by atoms with Gasteiger partial charge in [-0.3, -0.25) is 10.2 Å². The normalized spacial score (nSPS) is 12.1. The van der Waals surface area contributed by atoms with E-state index in [1.54, 1.807) is 20.8 Å². The van der Waals surface area contributed by atoms with Crippen molar-refractivity contribution in [2.24, 2.45) is 0 Å². The molecule has 0 aliphatic heterocycles. The molecule has 7 nitrogen and oxygen atoms in total. The van der Waals surface area contributed by atoms with E-state index in [1.165, 1.54) is 17.0 Å². The van der Waals surface area contributed by atoms with Crippen LogP contribution in [0.25, 0.3) is 0 Å². The van der Waals surface area contributed by atoms with Crippen molar-refractivity contribution in [1.82, 2.24) is 0 Å². The van der Waals surface area contributed by atoms with Crippen molar-refractivity contribution in [3.05, 3.63) is 59.9 Å². The number of hydrogen-bond donors (Lipinski definition) is 1. The second-order valence-electron chi connectivity index (χ2n) is 11.1. The zero-order valence-corrected chi connectivity index (χ0v) is 23.6. The maximum Gasteiger partial charge on any atom is 0.414 e. The SMILES string of the molecule is CC(C)(C)OC(=O)N(CCO[Si](C)(C)C(C)(C)C)c1ccc(NC(=O)OCc2ccccc2)cc1F. The molecule has 2 amide bonds. The van der Waals surface area contributed by atoms with E-state index < -0.39 is 31.9 Å². The van der Waals surface area contributed by atoms with Crippen LogP contribution in [-0.2, 0) is 20.5 Å². The first-order valence-corrected chi connectivity index (χ1v) is 14.9. The minimum Gasteiger partial charge on any atom is -0.444 e. The zero-order valence-electron chi connectivity index (χ0n) is 22.6. The number of rotatable bonds is 8. The van der Waals surface area contributed by atoms with Gasteiger partial charge in [-0.1, -0.05) is 51.1 Å². The van der Waals surface area contributed by atoms with Gasteiger partial charge < -0.3 is 13.9 Å². The molecule has 9 heteroatoms. The fraction of sp³-hybridized carbons (Fsp3) is 0.481. The van der Waals surface area contributed by atoms with Crippen molar-refractivity contribution in [1.29, 1.82) is 0 Å². The van der Waals surface area contributed by atoms with Gasteiger partial charge in [0.05, 0.1) is 18.8 Å². The number of halogens is 1. The number of amides is 2. The zero-order chi connectivity index (χ0) is 27.1. The van der Waals surface area contributed by atoms with E-state index in [0.717, 1.165) is 11.6 Å². The highest BCUT2D eigenvalue weighted by Crippen LogP contribution is 2.36. The van der Waals surface area contributed by atoms with Crippen molar-refractivity contribution < 1.29 is 27.9 Å². The average molecular weight is 519 g/mol. The molecule has 0 saturated heterocycles. The fourth-order valence-electron chi connectivity index (χ4n) is 2.92. The van der Waals surface area contributed by atoms with Gasteiger partial charge in [0.1, 0.15) is 18.0 Å². The Bertz CT molecular complexity index is 1030. The number of nitrogens with zero attached hydrogens (tertiary/aromatic N) is 1. The number of nitrogens with one attached hydrogen (secondary N) is 1. The Labute approximate surface area is 215 Å². The Kier molecular flexibility index (Phi) is 9.68. The maximum atomic E-state index is 15.2. The van der Waals surface area contributed by atoms with Crippen LogP contribution in [0.1, 0.15) is 47.1 Å². The van der Waals surface area contributed by atoms with Gasteiger partial charge in [0.25, 0.3) is 0 Å². The molecule has 0 bridgehead atoms. The summed E-state index contributed by atoms with van der Waals surface area (Å²) in [6, 6.07) is 13.3. The van der Waals surface area contributed by atoms with Gasteiger partial charge in [-0.05, 0) is 62.7 Å². The smallest absolute Gasteiger partial charge is 0.414 e. The second kappa shape index (κ2) is 11.9. The minimum atomic E-state index is -2.06. The predicted molar refractivity (Wildman–Crippen MR) is 143 cm³/mol. The molecule has 0 aliphatic rings. The van der Waals surface area contributed by atoms with E-state index in [0.29, 0.717) is 0 Å². The van der Waals surface area contributed by atoms with Crippen LogP contribution >= 0.6 is 0 Å². The first-order valence-electron chi connectivity index (χ1n) is 12.0. The number of ether oxygens (including phenoxy) is 2. The summed E-state index contributed by atoms with van der Waals surface area (Å²) in [5.74, 6) is -0.686. The average Bonchev–Trinajstić information content (AvgIpc) is 2.75. The van der Waals surface area contributed by atoms with Crippen LogP contribution in [0.15, 0.2) is 48.5 Å². The van der Waals surface area contributed by atoms with Gasteiger partial charge >= 0.3 is 12.2 Å². The van der Waals surface area contributed by atoms with Crippen LogP contribution in [0.4, 0.5) is 25.4 Å². The molecule has 1 N–H and O–H groups in total.